The Hall–Kier alpha value is -2.64. The highest BCUT2D eigenvalue weighted by Crippen LogP contribution is 2.09. The number of nitrogens with one attached hydrogen (secondary N) is 2. The lowest BCUT2D eigenvalue weighted by molar-refractivity contribution is 0.232. The summed E-state index contributed by atoms with van der Waals surface area (Å²) in [6.07, 6.45) is 1.75. The summed E-state index contributed by atoms with van der Waals surface area (Å²) in [4.78, 5) is 19.8. The number of urea groups is 1. The molecule has 0 saturated carbocycles. The van der Waals surface area contributed by atoms with Crippen LogP contribution >= 0.6 is 0 Å². The van der Waals surface area contributed by atoms with Gasteiger partial charge in [0.05, 0.1) is 12.6 Å². The van der Waals surface area contributed by atoms with Gasteiger partial charge in [-0.3, -0.25) is 0 Å². The van der Waals surface area contributed by atoms with Crippen LogP contribution in [0.5, 0.6) is 5.88 Å². The van der Waals surface area contributed by atoms with E-state index in [4.69, 9.17) is 9.26 Å². The molecular weight excluding hydrogens is 286 g/mol. The fourth-order valence-electron chi connectivity index (χ4n) is 1.64. The van der Waals surface area contributed by atoms with Gasteiger partial charge in [-0.1, -0.05) is 11.2 Å². The fourth-order valence-corrected chi connectivity index (χ4v) is 1.64. The summed E-state index contributed by atoms with van der Waals surface area (Å²) in [5.74, 6) is 1.46. The summed E-state index contributed by atoms with van der Waals surface area (Å²) < 4.78 is 10.3. The Morgan fingerprint density at radius 2 is 2.09 bits per heavy atom. The van der Waals surface area contributed by atoms with Crippen molar-refractivity contribution in [3.63, 3.8) is 0 Å². The SMILES string of the molecule is Cc1noc(CNC(=O)NCc2ccc(OC(C)C)nc2)n1. The zero-order valence-corrected chi connectivity index (χ0v) is 12.8. The van der Waals surface area contributed by atoms with Crippen molar-refractivity contribution in [3.05, 3.63) is 35.6 Å². The Morgan fingerprint density at radius 1 is 1.32 bits per heavy atom. The largest absolute Gasteiger partial charge is 0.475 e. The number of aryl methyl sites for hydroxylation is 1. The Morgan fingerprint density at radius 3 is 2.68 bits per heavy atom. The first-order valence-electron chi connectivity index (χ1n) is 6.95. The zero-order chi connectivity index (χ0) is 15.9. The topological polar surface area (TPSA) is 102 Å². The van der Waals surface area contributed by atoms with Crippen LogP contribution < -0.4 is 15.4 Å². The van der Waals surface area contributed by atoms with Gasteiger partial charge in [-0.05, 0) is 26.3 Å². The molecule has 8 nitrogen and oxygen atoms in total. The van der Waals surface area contributed by atoms with Crippen molar-refractivity contribution >= 4 is 6.03 Å². The Labute approximate surface area is 128 Å². The van der Waals surface area contributed by atoms with E-state index >= 15 is 0 Å². The molecule has 2 aromatic heterocycles. The first-order chi connectivity index (χ1) is 10.5. The molecule has 2 amide bonds. The number of carbonyl (C=O) groups excluding carboxylic acids is 1. The van der Waals surface area contributed by atoms with Gasteiger partial charge >= 0.3 is 6.03 Å². The zero-order valence-electron chi connectivity index (χ0n) is 12.8. The molecule has 0 fully saturated rings. The molecule has 2 rings (SSSR count). The molecule has 0 unspecified atom stereocenters. The monoisotopic (exact) mass is 305 g/mol. The molecule has 2 heterocycles. The first kappa shape index (κ1) is 15.7. The molecule has 0 saturated heterocycles. The standard InChI is InChI=1S/C14H19N5O3/c1-9(2)21-12-5-4-11(6-15-12)7-16-14(20)17-8-13-18-10(3)19-22-13/h4-6,9H,7-8H2,1-3H3,(H2,16,17,20). The minimum Gasteiger partial charge on any atom is -0.475 e. The van der Waals surface area contributed by atoms with E-state index in [0.29, 0.717) is 24.1 Å². The summed E-state index contributed by atoms with van der Waals surface area (Å²) in [5.41, 5.74) is 0.875. The number of ether oxygens (including phenoxy) is 1. The highest BCUT2D eigenvalue weighted by atomic mass is 16.5. The maximum Gasteiger partial charge on any atom is 0.315 e. The van der Waals surface area contributed by atoms with Crippen LogP contribution in [-0.2, 0) is 13.1 Å². The van der Waals surface area contributed by atoms with Crippen LogP contribution in [0, 0.1) is 6.92 Å². The Bertz CT molecular complexity index is 609. The molecule has 0 aliphatic rings. The number of pyridine rings is 1. The fraction of sp³-hybridized carbons (Fsp3) is 0.429. The molecule has 0 radical (unpaired) electrons. The van der Waals surface area contributed by atoms with Gasteiger partial charge < -0.3 is 19.9 Å². The predicted molar refractivity (Wildman–Crippen MR) is 78.1 cm³/mol. The van der Waals surface area contributed by atoms with Gasteiger partial charge in [-0.25, -0.2) is 9.78 Å². The number of carbonyl (C=O) groups is 1. The van der Waals surface area contributed by atoms with E-state index in [2.05, 4.69) is 25.8 Å². The molecule has 0 atom stereocenters. The molecule has 0 aromatic carbocycles. The van der Waals surface area contributed by atoms with E-state index in [1.165, 1.54) is 0 Å². The number of rotatable bonds is 6. The third-order valence-corrected chi connectivity index (χ3v) is 2.58. The van der Waals surface area contributed by atoms with Crippen molar-refractivity contribution < 1.29 is 14.1 Å². The summed E-state index contributed by atoms with van der Waals surface area (Å²) in [6, 6.07) is 3.31. The predicted octanol–water partition coefficient (Wildman–Crippen LogP) is 1.56. The lowest BCUT2D eigenvalue weighted by Crippen LogP contribution is -2.34. The van der Waals surface area contributed by atoms with Crippen LogP contribution in [0.15, 0.2) is 22.9 Å². The van der Waals surface area contributed by atoms with Crippen LogP contribution in [-0.4, -0.2) is 27.3 Å². The molecule has 0 spiro atoms. The van der Waals surface area contributed by atoms with Gasteiger partial charge in [0.15, 0.2) is 5.82 Å². The van der Waals surface area contributed by atoms with E-state index in [0.717, 1.165) is 5.56 Å². The van der Waals surface area contributed by atoms with E-state index in [9.17, 15) is 4.79 Å². The lowest BCUT2D eigenvalue weighted by Gasteiger charge is -2.09. The molecule has 0 bridgehead atoms. The van der Waals surface area contributed by atoms with Gasteiger partial charge in [-0.2, -0.15) is 4.98 Å². The third-order valence-electron chi connectivity index (χ3n) is 2.58. The summed E-state index contributed by atoms with van der Waals surface area (Å²) in [6.45, 7) is 6.14. The maximum absolute atomic E-state index is 11.7. The maximum atomic E-state index is 11.7. The summed E-state index contributed by atoms with van der Waals surface area (Å²) in [7, 11) is 0. The molecule has 8 heteroatoms. The molecule has 22 heavy (non-hydrogen) atoms. The van der Waals surface area contributed by atoms with Crippen molar-refractivity contribution in [1.82, 2.24) is 25.8 Å². The van der Waals surface area contributed by atoms with Crippen molar-refractivity contribution in [3.8, 4) is 5.88 Å². The average molecular weight is 305 g/mol. The van der Waals surface area contributed by atoms with E-state index in [1.807, 2.05) is 19.9 Å². The minimum absolute atomic E-state index is 0.0792. The van der Waals surface area contributed by atoms with Crippen molar-refractivity contribution in [2.75, 3.05) is 0 Å². The van der Waals surface area contributed by atoms with E-state index in [1.54, 1.807) is 19.2 Å². The number of aromatic nitrogens is 3. The molecule has 118 valence electrons. The smallest absolute Gasteiger partial charge is 0.315 e. The first-order valence-corrected chi connectivity index (χ1v) is 6.95. The normalized spacial score (nSPS) is 10.5. The van der Waals surface area contributed by atoms with Gasteiger partial charge in [0.1, 0.15) is 0 Å². The number of hydrogen-bond donors (Lipinski definition) is 2. The molecular formula is C14H19N5O3. The number of amides is 2. The van der Waals surface area contributed by atoms with Crippen molar-refractivity contribution in [1.29, 1.82) is 0 Å². The number of nitrogens with zero attached hydrogens (tertiary/aromatic N) is 3. The van der Waals surface area contributed by atoms with Crippen LogP contribution in [0.4, 0.5) is 4.79 Å². The lowest BCUT2D eigenvalue weighted by atomic mass is 10.3. The Balaban J connectivity index is 1.73. The molecule has 0 aliphatic heterocycles. The quantitative estimate of drug-likeness (QED) is 0.839. The van der Waals surface area contributed by atoms with Crippen LogP contribution in [0.1, 0.15) is 31.1 Å². The number of hydrogen-bond acceptors (Lipinski definition) is 6. The second kappa shape index (κ2) is 7.39. The Kier molecular flexibility index (Phi) is 5.29. The van der Waals surface area contributed by atoms with Crippen LogP contribution in [0.2, 0.25) is 0 Å². The second-order valence-corrected chi connectivity index (χ2v) is 4.94. The van der Waals surface area contributed by atoms with Gasteiger partial charge in [0, 0.05) is 18.8 Å². The minimum atomic E-state index is -0.321. The van der Waals surface area contributed by atoms with Crippen molar-refractivity contribution in [2.24, 2.45) is 0 Å². The second-order valence-electron chi connectivity index (χ2n) is 4.94. The van der Waals surface area contributed by atoms with Crippen molar-refractivity contribution in [2.45, 2.75) is 40.0 Å². The average Bonchev–Trinajstić information content (AvgIpc) is 2.89. The highest BCUT2D eigenvalue weighted by molar-refractivity contribution is 5.73. The van der Waals surface area contributed by atoms with E-state index in [-0.39, 0.29) is 18.7 Å². The third kappa shape index (κ3) is 5.04. The van der Waals surface area contributed by atoms with Crippen LogP contribution in [0.3, 0.4) is 0 Å². The molecule has 2 aromatic rings. The summed E-state index contributed by atoms with van der Waals surface area (Å²) in [5, 5.41) is 8.98. The van der Waals surface area contributed by atoms with Gasteiger partial charge in [0.2, 0.25) is 11.8 Å². The van der Waals surface area contributed by atoms with Gasteiger partial charge in [-0.15, -0.1) is 0 Å². The summed E-state index contributed by atoms with van der Waals surface area (Å²) >= 11 is 0. The molecule has 0 aliphatic carbocycles. The van der Waals surface area contributed by atoms with Crippen LogP contribution in [0.25, 0.3) is 0 Å². The van der Waals surface area contributed by atoms with Gasteiger partial charge in [0.25, 0.3) is 0 Å². The van der Waals surface area contributed by atoms with E-state index < -0.39 is 0 Å². The molecule has 2 N–H and O–H groups in total. The highest BCUT2D eigenvalue weighted by Gasteiger charge is 2.06.